The Morgan fingerprint density at radius 3 is 2.95 bits per heavy atom. The molecule has 0 bridgehead atoms. The first-order valence-corrected chi connectivity index (χ1v) is 7.73. The van der Waals surface area contributed by atoms with Gasteiger partial charge in [-0.15, -0.1) is 0 Å². The Morgan fingerprint density at radius 2 is 2.23 bits per heavy atom. The fourth-order valence-electron chi connectivity index (χ4n) is 2.32. The Labute approximate surface area is 131 Å². The van der Waals surface area contributed by atoms with Crippen molar-refractivity contribution >= 4 is 27.5 Å². The number of fused-ring (bicyclic) bond motifs is 1. The number of aryl methyl sites for hydroxylation is 1. The maximum atomic E-state index is 12.2. The fraction of sp³-hybridized carbons (Fsp3) is 0.250. The molecule has 3 rings (SSSR count). The standard InChI is InChI=1S/C16H16N2O3S/c1-11-5-3-7-13-14(11)18(8-10-20-2)16(22-13)17-15(19)12-6-4-9-21-12/h3-7,9H,8,10H2,1-2H3. The van der Waals surface area contributed by atoms with Crippen LogP contribution in [0.15, 0.2) is 46.0 Å². The lowest BCUT2D eigenvalue weighted by atomic mass is 10.2. The van der Waals surface area contributed by atoms with Crippen LogP contribution in [0.1, 0.15) is 16.1 Å². The third kappa shape index (κ3) is 2.75. The second-order valence-corrected chi connectivity index (χ2v) is 5.85. The van der Waals surface area contributed by atoms with Crippen molar-refractivity contribution in [3.8, 4) is 0 Å². The Morgan fingerprint density at radius 1 is 1.36 bits per heavy atom. The lowest BCUT2D eigenvalue weighted by Crippen LogP contribution is -2.19. The van der Waals surface area contributed by atoms with Crippen LogP contribution in [0.3, 0.4) is 0 Å². The van der Waals surface area contributed by atoms with E-state index in [1.165, 1.54) is 17.6 Å². The normalized spacial score (nSPS) is 12.2. The Hall–Kier alpha value is -2.18. The summed E-state index contributed by atoms with van der Waals surface area (Å²) < 4.78 is 13.4. The summed E-state index contributed by atoms with van der Waals surface area (Å²) in [4.78, 5) is 17.0. The Bertz CT molecular complexity index is 859. The second kappa shape index (κ2) is 6.29. The molecule has 2 aromatic heterocycles. The highest BCUT2D eigenvalue weighted by atomic mass is 32.1. The van der Waals surface area contributed by atoms with Gasteiger partial charge in [0.2, 0.25) is 0 Å². The SMILES string of the molecule is COCCn1c(=NC(=O)c2ccco2)sc2cccc(C)c21. The molecule has 1 aromatic carbocycles. The summed E-state index contributed by atoms with van der Waals surface area (Å²) in [6, 6.07) is 9.39. The van der Waals surface area contributed by atoms with E-state index in [1.807, 2.05) is 16.7 Å². The van der Waals surface area contributed by atoms with E-state index in [2.05, 4.69) is 18.0 Å². The molecule has 0 atom stereocenters. The number of benzene rings is 1. The van der Waals surface area contributed by atoms with Crippen LogP contribution in [0.25, 0.3) is 10.2 Å². The molecule has 0 radical (unpaired) electrons. The maximum Gasteiger partial charge on any atom is 0.315 e. The van der Waals surface area contributed by atoms with Gasteiger partial charge in [-0.25, -0.2) is 0 Å². The third-order valence-electron chi connectivity index (χ3n) is 3.35. The molecule has 0 aliphatic heterocycles. The lowest BCUT2D eigenvalue weighted by molar-refractivity contribution is 0.0971. The quantitative estimate of drug-likeness (QED) is 0.743. The van der Waals surface area contributed by atoms with Crippen molar-refractivity contribution in [2.24, 2.45) is 4.99 Å². The molecule has 0 aliphatic carbocycles. The summed E-state index contributed by atoms with van der Waals surface area (Å²) >= 11 is 1.49. The number of hydrogen-bond acceptors (Lipinski definition) is 4. The van der Waals surface area contributed by atoms with Crippen molar-refractivity contribution in [2.75, 3.05) is 13.7 Å². The number of carbonyl (C=O) groups is 1. The number of ether oxygens (including phenoxy) is 1. The lowest BCUT2D eigenvalue weighted by Gasteiger charge is -2.06. The predicted octanol–water partition coefficient (Wildman–Crippen LogP) is 2.99. The topological polar surface area (TPSA) is 56.7 Å². The highest BCUT2D eigenvalue weighted by molar-refractivity contribution is 7.16. The zero-order chi connectivity index (χ0) is 15.5. The summed E-state index contributed by atoms with van der Waals surface area (Å²) in [5.41, 5.74) is 2.24. The van der Waals surface area contributed by atoms with Crippen molar-refractivity contribution in [3.63, 3.8) is 0 Å². The maximum absolute atomic E-state index is 12.2. The number of aromatic nitrogens is 1. The monoisotopic (exact) mass is 316 g/mol. The molecule has 2 heterocycles. The number of carbonyl (C=O) groups excluding carboxylic acids is 1. The molecule has 0 spiro atoms. The number of amides is 1. The van der Waals surface area contributed by atoms with E-state index in [9.17, 15) is 4.79 Å². The summed E-state index contributed by atoms with van der Waals surface area (Å²) in [6.45, 7) is 3.25. The molecule has 0 aliphatic rings. The smallest absolute Gasteiger partial charge is 0.315 e. The van der Waals surface area contributed by atoms with Crippen LogP contribution < -0.4 is 4.80 Å². The van der Waals surface area contributed by atoms with Gasteiger partial charge in [-0.05, 0) is 30.7 Å². The van der Waals surface area contributed by atoms with E-state index < -0.39 is 0 Å². The molecule has 0 unspecified atom stereocenters. The van der Waals surface area contributed by atoms with Crippen LogP contribution in [0, 0.1) is 6.92 Å². The van der Waals surface area contributed by atoms with Gasteiger partial charge in [0.1, 0.15) is 0 Å². The largest absolute Gasteiger partial charge is 0.459 e. The van der Waals surface area contributed by atoms with E-state index in [-0.39, 0.29) is 11.7 Å². The summed E-state index contributed by atoms with van der Waals surface area (Å²) in [5, 5.41) is 0. The van der Waals surface area contributed by atoms with Crippen LogP contribution in [0.4, 0.5) is 0 Å². The van der Waals surface area contributed by atoms with Gasteiger partial charge < -0.3 is 13.7 Å². The van der Waals surface area contributed by atoms with E-state index >= 15 is 0 Å². The molecule has 3 aromatic rings. The van der Waals surface area contributed by atoms with Gasteiger partial charge in [0, 0.05) is 13.7 Å². The van der Waals surface area contributed by atoms with E-state index in [0.29, 0.717) is 18.0 Å². The predicted molar refractivity (Wildman–Crippen MR) is 85.0 cm³/mol. The van der Waals surface area contributed by atoms with Gasteiger partial charge in [0.05, 0.1) is 23.1 Å². The molecule has 0 saturated heterocycles. The number of para-hydroxylation sites is 1. The molecule has 22 heavy (non-hydrogen) atoms. The molecular formula is C16H16N2O3S. The van der Waals surface area contributed by atoms with E-state index in [1.54, 1.807) is 19.2 Å². The van der Waals surface area contributed by atoms with Crippen molar-refractivity contribution in [3.05, 3.63) is 52.7 Å². The van der Waals surface area contributed by atoms with Crippen LogP contribution in [-0.4, -0.2) is 24.2 Å². The summed E-state index contributed by atoms with van der Waals surface area (Å²) in [5.74, 6) is -0.132. The van der Waals surface area contributed by atoms with Gasteiger partial charge in [-0.1, -0.05) is 23.5 Å². The average Bonchev–Trinajstić information content (AvgIpc) is 3.13. The highest BCUT2D eigenvalue weighted by Crippen LogP contribution is 2.21. The van der Waals surface area contributed by atoms with Crippen molar-refractivity contribution in [2.45, 2.75) is 13.5 Å². The van der Waals surface area contributed by atoms with Crippen molar-refractivity contribution in [1.82, 2.24) is 4.57 Å². The van der Waals surface area contributed by atoms with Crippen LogP contribution in [0.2, 0.25) is 0 Å². The first kappa shape index (κ1) is 14.7. The van der Waals surface area contributed by atoms with E-state index in [0.717, 1.165) is 15.8 Å². The number of methoxy groups -OCH3 is 1. The molecule has 6 heteroatoms. The molecule has 0 fully saturated rings. The minimum Gasteiger partial charge on any atom is -0.459 e. The Balaban J connectivity index is 2.15. The summed E-state index contributed by atoms with van der Waals surface area (Å²) in [7, 11) is 1.66. The highest BCUT2D eigenvalue weighted by Gasteiger charge is 2.12. The van der Waals surface area contributed by atoms with Crippen LogP contribution >= 0.6 is 11.3 Å². The van der Waals surface area contributed by atoms with Gasteiger partial charge in [-0.2, -0.15) is 4.99 Å². The third-order valence-corrected chi connectivity index (χ3v) is 4.39. The summed E-state index contributed by atoms with van der Waals surface area (Å²) in [6.07, 6.45) is 1.47. The first-order valence-electron chi connectivity index (χ1n) is 6.91. The zero-order valence-corrected chi connectivity index (χ0v) is 13.2. The average molecular weight is 316 g/mol. The zero-order valence-electron chi connectivity index (χ0n) is 12.4. The molecular weight excluding hydrogens is 300 g/mol. The van der Waals surface area contributed by atoms with Crippen LogP contribution in [-0.2, 0) is 11.3 Å². The minimum atomic E-state index is -0.375. The fourth-order valence-corrected chi connectivity index (χ4v) is 3.46. The number of rotatable bonds is 4. The van der Waals surface area contributed by atoms with Gasteiger partial charge in [0.15, 0.2) is 10.6 Å². The number of hydrogen-bond donors (Lipinski definition) is 0. The van der Waals surface area contributed by atoms with Crippen molar-refractivity contribution in [1.29, 1.82) is 0 Å². The number of nitrogens with zero attached hydrogens (tertiary/aromatic N) is 2. The second-order valence-electron chi connectivity index (χ2n) is 4.84. The number of thiazole rings is 1. The molecule has 0 saturated carbocycles. The van der Waals surface area contributed by atoms with Gasteiger partial charge >= 0.3 is 5.91 Å². The van der Waals surface area contributed by atoms with Gasteiger partial charge in [0.25, 0.3) is 0 Å². The van der Waals surface area contributed by atoms with E-state index in [4.69, 9.17) is 9.15 Å². The molecule has 0 N–H and O–H groups in total. The molecule has 114 valence electrons. The van der Waals surface area contributed by atoms with Crippen molar-refractivity contribution < 1.29 is 13.9 Å². The first-order chi connectivity index (χ1) is 10.7. The minimum absolute atomic E-state index is 0.243. The number of furan rings is 1. The van der Waals surface area contributed by atoms with Gasteiger partial charge in [-0.3, -0.25) is 4.79 Å². The molecule has 5 nitrogen and oxygen atoms in total. The Kier molecular flexibility index (Phi) is 4.22. The molecule has 1 amide bonds. The van der Waals surface area contributed by atoms with Crippen LogP contribution in [0.5, 0.6) is 0 Å².